The number of likely N-dealkylation sites (N-methyl/N-ethyl adjacent to an activating group) is 1. The number of nitrogens with one attached hydrogen (secondary N) is 2. The molecule has 0 aliphatic carbocycles. The number of hydrogen-bond donors (Lipinski definition) is 5. The average Bonchev–Trinajstić information content (AvgIpc) is 3.09. The van der Waals surface area contributed by atoms with Crippen LogP contribution < -0.4 is 27.8 Å². The number of nitrogens with zero attached hydrogens (tertiary/aromatic N) is 1. The molecule has 0 radical (unpaired) electrons. The molecule has 0 heterocycles. The molecule has 4 aromatic carbocycles. The molecule has 3 atom stereocenters. The molecule has 0 saturated carbocycles. The molecule has 4 amide bonds. The third-order valence-electron chi connectivity index (χ3n) is 8.28. The summed E-state index contributed by atoms with van der Waals surface area (Å²) in [5.74, 6) is -2.08. The normalized spacial score (nSPS) is 12.9. The summed E-state index contributed by atoms with van der Waals surface area (Å²) in [5, 5.41) is 7.75. The van der Waals surface area contributed by atoms with Crippen molar-refractivity contribution in [3.63, 3.8) is 0 Å². The van der Waals surface area contributed by atoms with E-state index in [1.807, 2.05) is 78.9 Å². The zero-order chi connectivity index (χ0) is 33.8. The highest BCUT2D eigenvalue weighted by atomic mass is 16.2. The van der Waals surface area contributed by atoms with Crippen LogP contribution in [0.2, 0.25) is 0 Å². The number of primary amides is 1. The maximum atomic E-state index is 14.4. The Morgan fingerprint density at radius 3 is 2.11 bits per heavy atom. The van der Waals surface area contributed by atoms with Gasteiger partial charge in [0.1, 0.15) is 18.1 Å². The van der Waals surface area contributed by atoms with Gasteiger partial charge in [-0.15, -0.1) is 0 Å². The number of benzene rings is 4. The summed E-state index contributed by atoms with van der Waals surface area (Å²) in [6.45, 7) is 0.715. The van der Waals surface area contributed by atoms with Gasteiger partial charge in [0.2, 0.25) is 17.7 Å². The molecular formula is C37H44N6O4. The molecule has 0 unspecified atom stereocenters. The molecule has 0 aromatic heterocycles. The maximum Gasteiger partial charge on any atom is 0.251 e. The van der Waals surface area contributed by atoms with Crippen molar-refractivity contribution < 1.29 is 19.2 Å². The number of rotatable bonds is 16. The molecule has 10 heteroatoms. The van der Waals surface area contributed by atoms with Gasteiger partial charge in [-0.1, -0.05) is 84.9 Å². The van der Waals surface area contributed by atoms with Gasteiger partial charge in [0.15, 0.2) is 0 Å². The lowest BCUT2D eigenvalue weighted by molar-refractivity contribution is -0.141. The second-order valence-corrected chi connectivity index (χ2v) is 11.7. The van der Waals surface area contributed by atoms with Crippen molar-refractivity contribution in [3.8, 4) is 0 Å². The topological polar surface area (TPSA) is 174 Å². The minimum absolute atomic E-state index is 0.179. The standard InChI is InChI=1S/C37H44N6O4/c1-43(33(23-25-10-3-2-4-11-25)36(46)41-31(34(40)44)16-7-8-19-38)37(47)32(42-35(45)30-15-9-12-27(21-30)24-39)22-26-17-18-28-13-5-6-14-29(28)20-26/h2-6,9-15,17-18,20-21,31-33H,7-8,16,19,22-24,38-39H2,1H3,(H2,40,44)(H,41,46)(H,42,45)/t31-,32-,33-/m0/s1. The second-order valence-electron chi connectivity index (χ2n) is 11.7. The lowest BCUT2D eigenvalue weighted by Crippen LogP contribution is -2.57. The molecule has 0 saturated heterocycles. The quantitative estimate of drug-likeness (QED) is 0.118. The fourth-order valence-electron chi connectivity index (χ4n) is 5.57. The van der Waals surface area contributed by atoms with E-state index in [0.717, 1.165) is 27.5 Å². The van der Waals surface area contributed by atoms with Crippen LogP contribution in [-0.2, 0) is 33.8 Å². The Labute approximate surface area is 275 Å². The van der Waals surface area contributed by atoms with Crippen LogP contribution in [0.3, 0.4) is 0 Å². The van der Waals surface area contributed by atoms with Crippen molar-refractivity contribution >= 4 is 34.4 Å². The van der Waals surface area contributed by atoms with Gasteiger partial charge in [0, 0.05) is 32.0 Å². The van der Waals surface area contributed by atoms with Gasteiger partial charge >= 0.3 is 0 Å². The van der Waals surface area contributed by atoms with Crippen LogP contribution in [0.5, 0.6) is 0 Å². The highest BCUT2D eigenvalue weighted by molar-refractivity contribution is 5.99. The monoisotopic (exact) mass is 636 g/mol. The van der Waals surface area contributed by atoms with E-state index in [1.165, 1.54) is 11.9 Å². The number of carbonyl (C=O) groups excluding carboxylic acids is 4. The molecule has 246 valence electrons. The molecule has 0 aliphatic heterocycles. The Morgan fingerprint density at radius 1 is 0.702 bits per heavy atom. The van der Waals surface area contributed by atoms with E-state index in [9.17, 15) is 19.2 Å². The third-order valence-corrected chi connectivity index (χ3v) is 8.28. The van der Waals surface area contributed by atoms with Gasteiger partial charge < -0.3 is 32.7 Å². The van der Waals surface area contributed by atoms with E-state index < -0.39 is 41.8 Å². The summed E-state index contributed by atoms with van der Waals surface area (Å²) in [7, 11) is 1.54. The number of carbonyl (C=O) groups is 4. The van der Waals surface area contributed by atoms with E-state index >= 15 is 0 Å². The smallest absolute Gasteiger partial charge is 0.251 e. The highest BCUT2D eigenvalue weighted by Crippen LogP contribution is 2.19. The Hall–Kier alpha value is -5.06. The van der Waals surface area contributed by atoms with Crippen molar-refractivity contribution in [2.24, 2.45) is 17.2 Å². The zero-order valence-corrected chi connectivity index (χ0v) is 26.7. The van der Waals surface area contributed by atoms with Gasteiger partial charge in [0.05, 0.1) is 0 Å². The van der Waals surface area contributed by atoms with Crippen LogP contribution in [0.4, 0.5) is 0 Å². The molecule has 0 aliphatic rings. The summed E-state index contributed by atoms with van der Waals surface area (Å²) >= 11 is 0. The molecule has 4 aromatic rings. The first kappa shape index (κ1) is 34.8. The van der Waals surface area contributed by atoms with Gasteiger partial charge in [-0.2, -0.15) is 0 Å². The van der Waals surface area contributed by atoms with Crippen molar-refractivity contribution in [3.05, 3.63) is 119 Å². The predicted octanol–water partition coefficient (Wildman–Crippen LogP) is 2.81. The number of fused-ring (bicyclic) bond motifs is 1. The lowest BCUT2D eigenvalue weighted by Gasteiger charge is -2.32. The first-order chi connectivity index (χ1) is 22.7. The van der Waals surface area contributed by atoms with Crippen molar-refractivity contribution in [2.75, 3.05) is 13.6 Å². The van der Waals surface area contributed by atoms with Crippen molar-refractivity contribution in [2.45, 2.75) is 56.8 Å². The maximum absolute atomic E-state index is 14.4. The zero-order valence-electron chi connectivity index (χ0n) is 26.7. The average molecular weight is 637 g/mol. The van der Waals surface area contributed by atoms with Gasteiger partial charge in [-0.3, -0.25) is 19.2 Å². The molecule has 10 nitrogen and oxygen atoms in total. The fourth-order valence-corrected chi connectivity index (χ4v) is 5.57. The number of unbranched alkanes of at least 4 members (excludes halogenated alkanes) is 1. The van der Waals surface area contributed by atoms with Gasteiger partial charge in [-0.05, 0) is 65.4 Å². The van der Waals surface area contributed by atoms with Crippen molar-refractivity contribution in [1.82, 2.24) is 15.5 Å². The first-order valence-electron chi connectivity index (χ1n) is 15.9. The Bertz CT molecular complexity index is 1680. The first-order valence-corrected chi connectivity index (χ1v) is 15.9. The minimum Gasteiger partial charge on any atom is -0.368 e. The fraction of sp³-hybridized carbons (Fsp3) is 0.297. The number of hydrogen-bond acceptors (Lipinski definition) is 6. The third kappa shape index (κ3) is 9.71. The summed E-state index contributed by atoms with van der Waals surface area (Å²) < 4.78 is 0. The number of nitrogens with two attached hydrogens (primary N) is 3. The van der Waals surface area contributed by atoms with E-state index in [2.05, 4.69) is 10.6 Å². The predicted molar refractivity (Wildman–Crippen MR) is 184 cm³/mol. The summed E-state index contributed by atoms with van der Waals surface area (Å²) in [6, 6.07) is 27.1. The van der Waals surface area contributed by atoms with Crippen LogP contribution in [0, 0.1) is 0 Å². The van der Waals surface area contributed by atoms with E-state index in [0.29, 0.717) is 31.4 Å². The van der Waals surface area contributed by atoms with Crippen LogP contribution in [-0.4, -0.2) is 60.2 Å². The van der Waals surface area contributed by atoms with E-state index in [4.69, 9.17) is 17.2 Å². The second kappa shape index (κ2) is 17.0. The highest BCUT2D eigenvalue weighted by Gasteiger charge is 2.34. The number of amides is 4. The largest absolute Gasteiger partial charge is 0.368 e. The molecular weight excluding hydrogens is 592 g/mol. The van der Waals surface area contributed by atoms with Crippen molar-refractivity contribution in [1.29, 1.82) is 0 Å². The Balaban J connectivity index is 1.65. The van der Waals surface area contributed by atoms with Crippen LogP contribution in [0.25, 0.3) is 10.8 Å². The molecule has 47 heavy (non-hydrogen) atoms. The SMILES string of the molecule is CN(C(=O)[C@H](Cc1ccc2ccccc2c1)NC(=O)c1cccc(CN)c1)[C@@H](Cc1ccccc1)C(=O)N[C@@H](CCCCN)C(N)=O. The lowest BCUT2D eigenvalue weighted by atomic mass is 9.98. The Morgan fingerprint density at radius 2 is 1.40 bits per heavy atom. The van der Waals surface area contributed by atoms with Gasteiger partial charge in [-0.25, -0.2) is 0 Å². The summed E-state index contributed by atoms with van der Waals surface area (Å²) in [6.07, 6.45) is 1.97. The van der Waals surface area contributed by atoms with E-state index in [1.54, 1.807) is 18.2 Å². The van der Waals surface area contributed by atoms with E-state index in [-0.39, 0.29) is 19.4 Å². The van der Waals surface area contributed by atoms with Crippen LogP contribution >= 0.6 is 0 Å². The molecule has 8 N–H and O–H groups in total. The van der Waals surface area contributed by atoms with Crippen LogP contribution in [0.15, 0.2) is 97.1 Å². The molecule has 0 spiro atoms. The molecule has 0 fully saturated rings. The Kier molecular flexibility index (Phi) is 12.6. The molecule has 4 rings (SSSR count). The molecule has 0 bridgehead atoms. The summed E-state index contributed by atoms with van der Waals surface area (Å²) in [4.78, 5) is 55.4. The minimum atomic E-state index is -1.02. The van der Waals surface area contributed by atoms with Crippen LogP contribution in [0.1, 0.15) is 46.3 Å². The van der Waals surface area contributed by atoms with Gasteiger partial charge in [0.25, 0.3) is 5.91 Å². The summed E-state index contributed by atoms with van der Waals surface area (Å²) in [5.41, 5.74) is 19.9.